The second-order valence-electron chi connectivity index (χ2n) is 6.35. The maximum atomic E-state index is 10.2. The van der Waals surface area contributed by atoms with Gasteiger partial charge in [0.2, 0.25) is 0 Å². The fourth-order valence-electron chi connectivity index (χ4n) is 1.50. The van der Waals surface area contributed by atoms with E-state index in [1.807, 2.05) is 0 Å². The molecule has 1 rings (SSSR count). The molecule has 3 unspecified atom stereocenters. The second kappa shape index (κ2) is 25.5. The zero-order valence-corrected chi connectivity index (χ0v) is 20.0. The van der Waals surface area contributed by atoms with Crippen LogP contribution in [0.15, 0.2) is 59.5 Å². The van der Waals surface area contributed by atoms with Crippen molar-refractivity contribution in [2.75, 3.05) is 0 Å². The number of allylic oxidation sites excluding steroid dienone is 7. The van der Waals surface area contributed by atoms with E-state index in [0.717, 1.165) is 38.5 Å². The summed E-state index contributed by atoms with van der Waals surface area (Å²) in [5, 5.41) is 30.7. The van der Waals surface area contributed by atoms with Crippen LogP contribution in [-0.2, 0) is 24.7 Å². The van der Waals surface area contributed by atoms with E-state index in [4.69, 9.17) is 0 Å². The zero-order valence-electron chi connectivity index (χ0n) is 17.5. The molecule has 0 spiro atoms. The molecular weight excluding hydrogens is 415 g/mol. The Morgan fingerprint density at radius 1 is 0.852 bits per heavy atom. The third-order valence-electron chi connectivity index (χ3n) is 3.10. The van der Waals surface area contributed by atoms with E-state index in [1.165, 1.54) is 6.42 Å². The Bertz CT molecular complexity index is 358. The Balaban J connectivity index is -0.000000285. The van der Waals surface area contributed by atoms with Gasteiger partial charge >= 0.3 is 52.6 Å². The van der Waals surface area contributed by atoms with E-state index in [1.54, 1.807) is 67.0 Å². The molecule has 0 saturated heterocycles. The van der Waals surface area contributed by atoms with Crippen molar-refractivity contribution in [2.45, 2.75) is 84.0 Å². The molecule has 1 aliphatic rings. The summed E-state index contributed by atoms with van der Waals surface area (Å²) >= 11 is 1.56. The molecule has 4 heteroatoms. The Hall–Kier alpha value is -0.537. The quantitative estimate of drug-likeness (QED) is 0.502. The van der Waals surface area contributed by atoms with Crippen molar-refractivity contribution in [3.8, 4) is 0 Å². The third kappa shape index (κ3) is 41.1. The van der Waals surface area contributed by atoms with Gasteiger partial charge in [-0.05, 0) is 19.3 Å². The first-order valence-electron chi connectivity index (χ1n) is 9.58. The van der Waals surface area contributed by atoms with E-state index >= 15 is 0 Å². The molecule has 3 atom stereocenters. The summed E-state index contributed by atoms with van der Waals surface area (Å²) in [6.07, 6.45) is 16.5. The van der Waals surface area contributed by atoms with Gasteiger partial charge in [0.15, 0.2) is 0 Å². The van der Waals surface area contributed by atoms with Crippen LogP contribution in [0.2, 0.25) is 0 Å². The molecule has 0 aromatic heterocycles. The Kier molecular flexibility index (Phi) is 29.4. The van der Waals surface area contributed by atoms with Crippen LogP contribution >= 0.6 is 0 Å². The van der Waals surface area contributed by atoms with Crippen molar-refractivity contribution in [2.24, 2.45) is 0 Å². The maximum absolute atomic E-state index is 10.2. The fourth-order valence-corrected chi connectivity index (χ4v) is 2.03. The molecule has 0 aliphatic heterocycles. The summed E-state index contributed by atoms with van der Waals surface area (Å²) in [7, 11) is 0. The molecule has 0 aromatic rings. The molecule has 0 bridgehead atoms. The average Bonchev–Trinajstić information content (AvgIpc) is 3.08. The summed E-state index contributed by atoms with van der Waals surface area (Å²) in [6, 6.07) is 0. The monoisotopic (exact) mass is 452 g/mol. The van der Waals surface area contributed by atoms with Crippen LogP contribution in [0.4, 0.5) is 0 Å². The van der Waals surface area contributed by atoms with Gasteiger partial charge in [-0.1, -0.05) is 58.3 Å². The van der Waals surface area contributed by atoms with Gasteiger partial charge < -0.3 is 15.3 Å². The number of hydrogen-bond acceptors (Lipinski definition) is 3. The molecule has 27 heavy (non-hydrogen) atoms. The van der Waals surface area contributed by atoms with Crippen LogP contribution in [0.25, 0.3) is 0 Å². The van der Waals surface area contributed by atoms with Gasteiger partial charge in [-0.3, -0.25) is 0 Å². The van der Waals surface area contributed by atoms with Crippen LogP contribution in [-0.4, -0.2) is 18.3 Å². The van der Waals surface area contributed by atoms with E-state index in [-0.39, 0.29) is 0 Å². The molecule has 1 aliphatic carbocycles. The number of rotatable bonds is 9. The zero-order chi connectivity index (χ0) is 21.5. The first-order chi connectivity index (χ1) is 12.7. The van der Waals surface area contributed by atoms with Gasteiger partial charge in [0.25, 0.3) is 0 Å². The van der Waals surface area contributed by atoms with E-state index < -0.39 is 18.3 Å². The molecular formula is C23H38O3Zr. The predicted molar refractivity (Wildman–Crippen MR) is 109 cm³/mol. The topological polar surface area (TPSA) is 69.2 Å². The minimum atomic E-state index is -0.419. The molecule has 152 valence electrons. The summed E-state index contributed by atoms with van der Waals surface area (Å²) in [6.45, 7) is 15.5. The first-order valence-corrected chi connectivity index (χ1v) is 10.8. The van der Waals surface area contributed by atoms with Crippen LogP contribution in [0, 0.1) is 0 Å². The van der Waals surface area contributed by atoms with Crippen LogP contribution in [0.1, 0.15) is 65.7 Å². The summed E-state index contributed by atoms with van der Waals surface area (Å²) in [4.78, 5) is 0. The van der Waals surface area contributed by atoms with Crippen molar-refractivity contribution < 1.29 is 40.0 Å². The minimum absolute atomic E-state index is 0.419. The SMILES string of the molecule is C=CCCC(C)[O-].C=CCCC(C)[O-].C=CCCC(C)[O-].[Zr+3][C]1=CC=CC1. The van der Waals surface area contributed by atoms with E-state index in [9.17, 15) is 15.3 Å². The summed E-state index contributed by atoms with van der Waals surface area (Å²) in [5.41, 5.74) is 0. The van der Waals surface area contributed by atoms with Gasteiger partial charge in [-0.25, -0.2) is 0 Å². The van der Waals surface area contributed by atoms with Gasteiger partial charge in [-0.2, -0.15) is 0 Å². The van der Waals surface area contributed by atoms with Crippen LogP contribution in [0.3, 0.4) is 0 Å². The molecule has 0 aromatic carbocycles. The summed E-state index contributed by atoms with van der Waals surface area (Å²) < 4.78 is 1.56. The normalized spacial score (nSPS) is 14.6. The van der Waals surface area contributed by atoms with Crippen molar-refractivity contribution >= 4 is 0 Å². The Morgan fingerprint density at radius 2 is 1.19 bits per heavy atom. The Labute approximate surface area is 183 Å². The molecule has 0 N–H and O–H groups in total. The predicted octanol–water partition coefficient (Wildman–Crippen LogP) is 3.48. The molecule has 0 radical (unpaired) electrons. The molecule has 0 fully saturated rings. The molecule has 0 heterocycles. The Morgan fingerprint density at radius 3 is 1.26 bits per heavy atom. The van der Waals surface area contributed by atoms with Gasteiger partial charge in [0, 0.05) is 0 Å². The van der Waals surface area contributed by atoms with Crippen LogP contribution < -0.4 is 15.3 Å². The molecule has 0 saturated carbocycles. The van der Waals surface area contributed by atoms with Gasteiger partial charge in [0.05, 0.1) is 0 Å². The van der Waals surface area contributed by atoms with Gasteiger partial charge in [-0.15, -0.1) is 38.0 Å². The third-order valence-corrected chi connectivity index (χ3v) is 4.01. The summed E-state index contributed by atoms with van der Waals surface area (Å²) in [5.74, 6) is 0. The van der Waals surface area contributed by atoms with Crippen molar-refractivity contribution in [3.05, 3.63) is 59.5 Å². The average molecular weight is 454 g/mol. The van der Waals surface area contributed by atoms with Gasteiger partial charge in [0.1, 0.15) is 0 Å². The van der Waals surface area contributed by atoms with Crippen molar-refractivity contribution in [3.63, 3.8) is 0 Å². The van der Waals surface area contributed by atoms with Crippen molar-refractivity contribution in [1.29, 1.82) is 0 Å². The van der Waals surface area contributed by atoms with Crippen LogP contribution in [0.5, 0.6) is 0 Å². The molecule has 3 nitrogen and oxygen atoms in total. The van der Waals surface area contributed by atoms with Crippen molar-refractivity contribution in [1.82, 2.24) is 0 Å². The molecule has 0 amide bonds. The number of hydrogen-bond donors (Lipinski definition) is 0. The van der Waals surface area contributed by atoms with E-state index in [2.05, 4.69) is 38.0 Å². The van der Waals surface area contributed by atoms with E-state index in [0.29, 0.717) is 0 Å². The standard InChI is InChI=1S/3C6H11O.C5H5.Zr/c3*1-3-4-5-6(2)7;1-2-4-5-3-1;/h3*3,6H,1,4-5H2,2H3;1-3H,4H2;/q3*-1;;+3. The first kappa shape index (κ1) is 31.2. The second-order valence-corrected chi connectivity index (χ2v) is 7.93. The fraction of sp³-hybridized carbons (Fsp3) is 0.565.